The van der Waals surface area contributed by atoms with E-state index >= 15 is 0 Å². The summed E-state index contributed by atoms with van der Waals surface area (Å²) in [7, 11) is 0. The predicted molar refractivity (Wildman–Crippen MR) is 163 cm³/mol. The van der Waals surface area contributed by atoms with Crippen LogP contribution in [0.5, 0.6) is 5.75 Å². The van der Waals surface area contributed by atoms with Gasteiger partial charge in [-0.05, 0) is 81.8 Å². The van der Waals surface area contributed by atoms with Gasteiger partial charge in [0.1, 0.15) is 23.4 Å². The van der Waals surface area contributed by atoms with Gasteiger partial charge in [-0.1, -0.05) is 63.4 Å². The van der Waals surface area contributed by atoms with Crippen LogP contribution in [0.15, 0.2) is 42.5 Å². The summed E-state index contributed by atoms with van der Waals surface area (Å²) < 4.78 is 5.50. The van der Waals surface area contributed by atoms with E-state index in [2.05, 4.69) is 24.5 Å². The van der Waals surface area contributed by atoms with Gasteiger partial charge in [0.15, 0.2) is 0 Å². The van der Waals surface area contributed by atoms with Crippen LogP contribution < -0.4 is 10.6 Å². The van der Waals surface area contributed by atoms with E-state index in [1.807, 2.05) is 32.0 Å². The minimum Gasteiger partial charge on any atom is -0.508 e. The first-order valence-electron chi connectivity index (χ1n) is 14.8. The Labute approximate surface area is 245 Å². The van der Waals surface area contributed by atoms with Gasteiger partial charge in [0.05, 0.1) is 0 Å². The molecular weight excluding hydrogens is 518 g/mol. The van der Waals surface area contributed by atoms with Crippen molar-refractivity contribution in [3.8, 4) is 5.75 Å². The lowest BCUT2D eigenvalue weighted by molar-refractivity contribution is -0.142. The highest BCUT2D eigenvalue weighted by atomic mass is 16.6. The monoisotopic (exact) mass is 567 g/mol. The van der Waals surface area contributed by atoms with Crippen molar-refractivity contribution >= 4 is 17.9 Å². The SMILES string of the molecule is CCCCCN(C(=O)C(Cc1ccc(O)cc1)NC(=O)OC(C)(C)C)C(C(=O)NCCCC)c1ccc(C)c(C)c1. The zero-order chi connectivity index (χ0) is 30.6. The van der Waals surface area contributed by atoms with Gasteiger partial charge in [-0.2, -0.15) is 0 Å². The average Bonchev–Trinajstić information content (AvgIpc) is 2.89. The van der Waals surface area contributed by atoms with Crippen LogP contribution >= 0.6 is 0 Å². The first kappa shape index (κ1) is 33.7. The van der Waals surface area contributed by atoms with Gasteiger partial charge < -0.3 is 25.4 Å². The molecule has 2 aromatic carbocycles. The summed E-state index contributed by atoms with van der Waals surface area (Å²) in [5.74, 6) is -0.502. The lowest BCUT2D eigenvalue weighted by Gasteiger charge is -2.35. The number of unbranched alkanes of at least 4 members (excludes halogenated alkanes) is 3. The lowest BCUT2D eigenvalue weighted by atomic mass is 9.97. The minimum absolute atomic E-state index is 0.108. The molecule has 0 fully saturated rings. The zero-order valence-electron chi connectivity index (χ0n) is 25.9. The highest BCUT2D eigenvalue weighted by Gasteiger charge is 2.36. The number of nitrogens with zero attached hydrogens (tertiary/aromatic N) is 1. The molecule has 0 bridgehead atoms. The topological polar surface area (TPSA) is 108 Å². The Morgan fingerprint density at radius 1 is 0.927 bits per heavy atom. The van der Waals surface area contributed by atoms with Gasteiger partial charge >= 0.3 is 6.09 Å². The standard InChI is InChI=1S/C33H49N3O5/c1-8-10-12-20-36(29(30(38)34-19-11-9-2)26-16-13-23(3)24(4)21-26)31(39)28(35-32(40)41-33(5,6)7)22-25-14-17-27(37)18-15-25/h13-18,21,28-29,37H,8-12,19-20,22H2,1-7H3,(H,34,38)(H,35,40). The van der Waals surface area contributed by atoms with Crippen LogP contribution in [0, 0.1) is 13.8 Å². The third kappa shape index (κ3) is 11.1. The molecule has 0 saturated heterocycles. The number of amides is 3. The largest absolute Gasteiger partial charge is 0.508 e. The molecule has 0 aliphatic carbocycles. The minimum atomic E-state index is -0.992. The second-order valence-corrected chi connectivity index (χ2v) is 11.7. The number of aromatic hydroxyl groups is 1. The molecule has 0 aromatic heterocycles. The fourth-order valence-corrected chi connectivity index (χ4v) is 4.51. The normalized spacial score (nSPS) is 12.8. The first-order valence-corrected chi connectivity index (χ1v) is 14.8. The van der Waals surface area contributed by atoms with Crippen LogP contribution in [0.1, 0.15) is 95.0 Å². The average molecular weight is 568 g/mol. The quantitative estimate of drug-likeness (QED) is 0.238. The van der Waals surface area contributed by atoms with Crippen molar-refractivity contribution in [1.82, 2.24) is 15.5 Å². The van der Waals surface area contributed by atoms with Crippen molar-refractivity contribution in [1.29, 1.82) is 0 Å². The van der Waals surface area contributed by atoms with Gasteiger partial charge in [0.25, 0.3) is 0 Å². The number of hydrogen-bond donors (Lipinski definition) is 3. The smallest absolute Gasteiger partial charge is 0.408 e. The fourth-order valence-electron chi connectivity index (χ4n) is 4.51. The molecule has 2 atom stereocenters. The number of benzene rings is 2. The predicted octanol–water partition coefficient (Wildman–Crippen LogP) is 6.12. The molecule has 41 heavy (non-hydrogen) atoms. The molecule has 0 saturated carbocycles. The number of alkyl carbamates (subject to hydrolysis) is 1. The molecule has 3 N–H and O–H groups in total. The van der Waals surface area contributed by atoms with E-state index in [1.165, 1.54) is 0 Å². The number of phenolic OH excluding ortho intramolecular Hbond substituents is 1. The van der Waals surface area contributed by atoms with Crippen molar-refractivity contribution in [2.75, 3.05) is 13.1 Å². The summed E-state index contributed by atoms with van der Waals surface area (Å²) in [5.41, 5.74) is 2.85. The van der Waals surface area contributed by atoms with Gasteiger partial charge in [0.2, 0.25) is 11.8 Å². The molecule has 0 spiro atoms. The van der Waals surface area contributed by atoms with E-state index in [-0.39, 0.29) is 24.0 Å². The molecule has 2 unspecified atom stereocenters. The molecule has 0 aliphatic heterocycles. The lowest BCUT2D eigenvalue weighted by Crippen LogP contribution is -2.54. The number of aryl methyl sites for hydroxylation is 2. The van der Waals surface area contributed by atoms with Crippen molar-refractivity contribution in [3.63, 3.8) is 0 Å². The molecule has 3 amide bonds. The Hall–Kier alpha value is -3.55. The third-order valence-electron chi connectivity index (χ3n) is 6.89. The molecule has 2 aromatic rings. The molecular formula is C33H49N3O5. The summed E-state index contributed by atoms with van der Waals surface area (Å²) in [6, 6.07) is 10.5. The van der Waals surface area contributed by atoms with Crippen molar-refractivity contribution in [2.45, 2.75) is 105 Å². The van der Waals surface area contributed by atoms with Crippen molar-refractivity contribution < 1.29 is 24.2 Å². The van der Waals surface area contributed by atoms with Crippen molar-refractivity contribution in [2.24, 2.45) is 0 Å². The highest BCUT2D eigenvalue weighted by molar-refractivity contribution is 5.92. The number of phenols is 1. The van der Waals surface area contributed by atoms with E-state index in [0.717, 1.165) is 47.9 Å². The number of nitrogens with one attached hydrogen (secondary N) is 2. The van der Waals surface area contributed by atoms with Crippen molar-refractivity contribution in [3.05, 3.63) is 64.7 Å². The summed E-state index contributed by atoms with van der Waals surface area (Å²) in [5, 5.41) is 15.6. The van der Waals surface area contributed by atoms with Crippen LogP contribution in [0.2, 0.25) is 0 Å². The number of carbonyl (C=O) groups excluding carboxylic acids is 3. The summed E-state index contributed by atoms with van der Waals surface area (Å²) in [6.07, 6.45) is 3.78. The second-order valence-electron chi connectivity index (χ2n) is 11.7. The first-order chi connectivity index (χ1) is 19.4. The van der Waals surface area contributed by atoms with Gasteiger partial charge in [0, 0.05) is 19.5 Å². The van der Waals surface area contributed by atoms with Gasteiger partial charge in [-0.3, -0.25) is 9.59 Å². The summed E-state index contributed by atoms with van der Waals surface area (Å²) >= 11 is 0. The van der Waals surface area contributed by atoms with Crippen LogP contribution in [0.3, 0.4) is 0 Å². The highest BCUT2D eigenvalue weighted by Crippen LogP contribution is 2.26. The maximum atomic E-state index is 14.4. The Balaban J connectivity index is 2.57. The van der Waals surface area contributed by atoms with Crippen LogP contribution in [-0.4, -0.2) is 52.6 Å². The van der Waals surface area contributed by atoms with Gasteiger partial charge in [-0.15, -0.1) is 0 Å². The Morgan fingerprint density at radius 3 is 2.17 bits per heavy atom. The molecule has 226 valence electrons. The molecule has 8 nitrogen and oxygen atoms in total. The molecule has 8 heteroatoms. The van der Waals surface area contributed by atoms with E-state index < -0.39 is 23.8 Å². The second kappa shape index (κ2) is 16.0. The van der Waals surface area contributed by atoms with Crippen LogP contribution in [-0.2, 0) is 20.7 Å². The van der Waals surface area contributed by atoms with Gasteiger partial charge in [-0.25, -0.2) is 4.79 Å². The summed E-state index contributed by atoms with van der Waals surface area (Å²) in [6.45, 7) is 14.3. The number of carbonyl (C=O) groups is 3. The molecule has 0 aliphatic rings. The molecule has 0 radical (unpaired) electrons. The van der Waals surface area contributed by atoms with E-state index in [4.69, 9.17) is 4.74 Å². The fraction of sp³-hybridized carbons (Fsp3) is 0.545. The zero-order valence-corrected chi connectivity index (χ0v) is 25.9. The summed E-state index contributed by atoms with van der Waals surface area (Å²) in [4.78, 5) is 42.7. The van der Waals surface area contributed by atoms with E-state index in [1.54, 1.807) is 49.9 Å². The number of rotatable bonds is 14. The maximum Gasteiger partial charge on any atom is 0.408 e. The maximum absolute atomic E-state index is 14.4. The Bertz CT molecular complexity index is 1140. The Kier molecular flexibility index (Phi) is 13.2. The third-order valence-corrected chi connectivity index (χ3v) is 6.89. The number of hydrogen-bond acceptors (Lipinski definition) is 5. The number of ether oxygens (including phenoxy) is 1. The van der Waals surface area contributed by atoms with E-state index in [0.29, 0.717) is 19.5 Å². The van der Waals surface area contributed by atoms with Crippen LogP contribution in [0.25, 0.3) is 0 Å². The molecule has 0 heterocycles. The van der Waals surface area contributed by atoms with E-state index in [9.17, 15) is 19.5 Å². The molecule has 2 rings (SSSR count). The Morgan fingerprint density at radius 2 is 1.59 bits per heavy atom. The van der Waals surface area contributed by atoms with Crippen LogP contribution in [0.4, 0.5) is 4.79 Å².